The minimum atomic E-state index is -2.89. The SMILES string of the molecule is C=C(/C=N\C)c1cccc(-c2nc(C(=O)NCc3ccc4c(c3)OCO4)cc3c2[C@@H](CCO[Si](c2ccccc2)(c2ccccc2)C(C)(C)C)N(C(=O)NC(C)C)C3)c1. The summed E-state index contributed by atoms with van der Waals surface area (Å²) in [5, 5.41) is 8.33. The molecule has 3 amide bonds. The van der Waals surface area contributed by atoms with E-state index >= 15 is 0 Å². The Balaban J connectivity index is 1.29. The topological polar surface area (TPSA) is 114 Å². The third kappa shape index (κ3) is 8.58. The Morgan fingerprint density at radius 1 is 0.949 bits per heavy atom. The van der Waals surface area contributed by atoms with Gasteiger partial charge in [-0.15, -0.1) is 0 Å². The zero-order valence-corrected chi connectivity index (χ0v) is 35.7. The van der Waals surface area contributed by atoms with Gasteiger partial charge >= 0.3 is 6.03 Å². The summed E-state index contributed by atoms with van der Waals surface area (Å²) in [4.78, 5) is 39.3. The number of amides is 3. The van der Waals surface area contributed by atoms with Crippen LogP contribution in [-0.4, -0.2) is 62.8 Å². The molecule has 59 heavy (non-hydrogen) atoms. The summed E-state index contributed by atoms with van der Waals surface area (Å²) < 4.78 is 18.4. The molecule has 2 N–H and O–H groups in total. The second kappa shape index (κ2) is 17.4. The van der Waals surface area contributed by atoms with Gasteiger partial charge in [-0.1, -0.05) is 112 Å². The summed E-state index contributed by atoms with van der Waals surface area (Å²) in [5.74, 6) is 0.994. The predicted octanol–water partition coefficient (Wildman–Crippen LogP) is 8.06. The van der Waals surface area contributed by atoms with Crippen molar-refractivity contribution in [1.82, 2.24) is 20.5 Å². The lowest BCUT2D eigenvalue weighted by Crippen LogP contribution is -2.66. The number of urea groups is 1. The molecule has 0 spiro atoms. The van der Waals surface area contributed by atoms with Crippen LogP contribution in [0.3, 0.4) is 0 Å². The zero-order chi connectivity index (χ0) is 41.7. The molecule has 0 saturated carbocycles. The van der Waals surface area contributed by atoms with Gasteiger partial charge in [-0.05, 0) is 82.2 Å². The summed E-state index contributed by atoms with van der Waals surface area (Å²) in [6.45, 7) is 16.0. The molecular formula is C48H53N5O5Si. The van der Waals surface area contributed by atoms with E-state index in [1.807, 2.05) is 79.4 Å². The Bertz CT molecular complexity index is 2320. The summed E-state index contributed by atoms with van der Waals surface area (Å²) in [5.41, 5.74) is 5.94. The first kappa shape index (κ1) is 41.1. The van der Waals surface area contributed by atoms with E-state index in [4.69, 9.17) is 18.9 Å². The number of hydrogen-bond acceptors (Lipinski definition) is 7. The molecule has 4 aromatic carbocycles. The van der Waals surface area contributed by atoms with Crippen LogP contribution in [0.25, 0.3) is 16.8 Å². The van der Waals surface area contributed by atoms with E-state index < -0.39 is 14.4 Å². The highest BCUT2D eigenvalue weighted by Gasteiger charge is 2.50. The second-order valence-corrected chi connectivity index (χ2v) is 20.6. The molecule has 3 heterocycles. The summed E-state index contributed by atoms with van der Waals surface area (Å²) in [6.07, 6.45) is 2.22. The van der Waals surface area contributed by atoms with Crippen molar-refractivity contribution in [3.05, 3.63) is 144 Å². The van der Waals surface area contributed by atoms with E-state index in [9.17, 15) is 9.59 Å². The fraction of sp³-hybridized carbons (Fsp3) is 0.292. The molecule has 2 aliphatic heterocycles. The number of fused-ring (bicyclic) bond motifs is 2. The van der Waals surface area contributed by atoms with Gasteiger partial charge < -0.3 is 29.4 Å². The molecular weight excluding hydrogens is 755 g/mol. The fourth-order valence-corrected chi connectivity index (χ4v) is 12.8. The number of nitrogens with zero attached hydrogens (tertiary/aromatic N) is 3. The highest BCUT2D eigenvalue weighted by Crippen LogP contribution is 2.43. The van der Waals surface area contributed by atoms with Gasteiger partial charge in [0.15, 0.2) is 11.5 Å². The highest BCUT2D eigenvalue weighted by molar-refractivity contribution is 6.99. The molecule has 0 unspecified atom stereocenters. The van der Waals surface area contributed by atoms with E-state index in [2.05, 4.69) is 91.5 Å². The Kier molecular flexibility index (Phi) is 12.2. The van der Waals surface area contributed by atoms with E-state index in [1.165, 1.54) is 10.4 Å². The number of hydrogen-bond donors (Lipinski definition) is 2. The lowest BCUT2D eigenvalue weighted by molar-refractivity contribution is 0.0945. The van der Waals surface area contributed by atoms with Crippen molar-refractivity contribution in [2.45, 2.75) is 71.3 Å². The summed E-state index contributed by atoms with van der Waals surface area (Å²) >= 11 is 0. The smallest absolute Gasteiger partial charge is 0.318 e. The van der Waals surface area contributed by atoms with Gasteiger partial charge in [0.25, 0.3) is 14.2 Å². The largest absolute Gasteiger partial charge is 0.454 e. The minimum absolute atomic E-state index is 0.0849. The molecule has 1 atom stereocenters. The van der Waals surface area contributed by atoms with Crippen LogP contribution < -0.4 is 30.5 Å². The number of allylic oxidation sites excluding steroid dienone is 1. The first-order chi connectivity index (χ1) is 28.4. The monoisotopic (exact) mass is 807 g/mol. The Morgan fingerprint density at radius 2 is 1.64 bits per heavy atom. The number of aliphatic imine (C=N–C) groups is 1. The molecule has 11 heteroatoms. The van der Waals surface area contributed by atoms with Gasteiger partial charge in [-0.3, -0.25) is 9.79 Å². The molecule has 7 rings (SSSR count). The number of nitrogens with one attached hydrogen (secondary N) is 2. The van der Waals surface area contributed by atoms with Gasteiger partial charge in [-0.2, -0.15) is 0 Å². The van der Waals surface area contributed by atoms with Gasteiger partial charge in [0.05, 0.1) is 11.7 Å². The molecule has 0 saturated heterocycles. The lowest BCUT2D eigenvalue weighted by Gasteiger charge is -2.43. The quantitative estimate of drug-likeness (QED) is 0.0920. The lowest BCUT2D eigenvalue weighted by atomic mass is 9.94. The van der Waals surface area contributed by atoms with E-state index in [-0.39, 0.29) is 42.1 Å². The van der Waals surface area contributed by atoms with Crippen molar-refractivity contribution in [2.24, 2.45) is 4.99 Å². The fourth-order valence-electron chi connectivity index (χ4n) is 8.25. The molecule has 0 radical (unpaired) electrons. The molecule has 5 aromatic rings. The second-order valence-electron chi connectivity index (χ2n) is 16.3. The van der Waals surface area contributed by atoms with Crippen LogP contribution in [0, 0.1) is 0 Å². The third-order valence-corrected chi connectivity index (χ3v) is 16.0. The van der Waals surface area contributed by atoms with Crippen molar-refractivity contribution >= 4 is 42.4 Å². The maximum absolute atomic E-state index is 14.2. The highest BCUT2D eigenvalue weighted by atomic mass is 28.4. The number of aromatic nitrogens is 1. The van der Waals surface area contributed by atoms with E-state index in [1.54, 1.807) is 13.3 Å². The summed E-state index contributed by atoms with van der Waals surface area (Å²) in [7, 11) is -1.17. The predicted molar refractivity (Wildman–Crippen MR) is 237 cm³/mol. The normalized spacial score (nSPS) is 14.8. The first-order valence-electron chi connectivity index (χ1n) is 20.1. The Labute approximate surface area is 348 Å². The molecule has 2 aliphatic rings. The standard InChI is InChI=1S/C48H53N5O5Si/c1-32(2)51-47(55)53-30-37-27-40(46(54)50-29-34-21-22-42-43(25-34)57-31-56-42)52-45(36-16-14-15-35(26-36)33(3)28-49-7)44(37)41(53)23-24-58-59(48(4,5)6,38-17-10-8-11-18-38)39-19-12-9-13-20-39/h8-22,25-28,32,41H,3,23-24,29-31H2,1-2,4-7H3,(H,50,54)(H,51,55)/b49-28-/t41-/m1/s1. The van der Waals surface area contributed by atoms with Crippen LogP contribution >= 0.6 is 0 Å². The number of carbonyl (C=O) groups excluding carboxylic acids is 2. The van der Waals surface area contributed by atoms with Crippen LogP contribution in [0.1, 0.15) is 79.8 Å². The molecule has 1 aromatic heterocycles. The number of ether oxygens (including phenoxy) is 2. The summed E-state index contributed by atoms with van der Waals surface area (Å²) in [6, 6.07) is 35.8. The minimum Gasteiger partial charge on any atom is -0.454 e. The van der Waals surface area contributed by atoms with Crippen molar-refractivity contribution < 1.29 is 23.5 Å². The average molecular weight is 808 g/mol. The zero-order valence-electron chi connectivity index (χ0n) is 34.7. The van der Waals surface area contributed by atoms with Crippen molar-refractivity contribution in [3.63, 3.8) is 0 Å². The van der Waals surface area contributed by atoms with Crippen LogP contribution in [-0.2, 0) is 17.5 Å². The number of rotatable bonds is 13. The van der Waals surface area contributed by atoms with Crippen LogP contribution in [0.2, 0.25) is 5.04 Å². The van der Waals surface area contributed by atoms with Gasteiger partial charge in [0.2, 0.25) is 6.79 Å². The maximum Gasteiger partial charge on any atom is 0.318 e. The molecule has 0 fully saturated rings. The third-order valence-electron chi connectivity index (χ3n) is 10.9. The van der Waals surface area contributed by atoms with Crippen molar-refractivity contribution in [2.75, 3.05) is 20.4 Å². The van der Waals surface area contributed by atoms with Crippen molar-refractivity contribution in [3.8, 4) is 22.8 Å². The molecule has 10 nitrogen and oxygen atoms in total. The van der Waals surface area contributed by atoms with Crippen LogP contribution in [0.4, 0.5) is 4.79 Å². The molecule has 0 aliphatic carbocycles. The molecule has 304 valence electrons. The Hall–Kier alpha value is -6.04. The van der Waals surface area contributed by atoms with Crippen molar-refractivity contribution in [1.29, 1.82) is 0 Å². The number of benzene rings is 4. The van der Waals surface area contributed by atoms with Crippen LogP contribution in [0.5, 0.6) is 11.5 Å². The first-order valence-corrected chi connectivity index (χ1v) is 22.0. The van der Waals surface area contributed by atoms with Gasteiger partial charge in [0.1, 0.15) is 5.69 Å². The maximum atomic E-state index is 14.2. The number of carbonyl (C=O) groups is 2. The van der Waals surface area contributed by atoms with Gasteiger partial charge in [0, 0.05) is 50.1 Å². The van der Waals surface area contributed by atoms with Crippen LogP contribution in [0.15, 0.2) is 121 Å². The average Bonchev–Trinajstić information content (AvgIpc) is 3.86. The number of pyridine rings is 1. The van der Waals surface area contributed by atoms with Gasteiger partial charge in [-0.25, -0.2) is 9.78 Å². The van der Waals surface area contributed by atoms with E-state index in [0.717, 1.165) is 33.4 Å². The Morgan fingerprint density at radius 3 is 2.31 bits per heavy atom. The molecule has 0 bridgehead atoms. The van der Waals surface area contributed by atoms with E-state index in [0.29, 0.717) is 36.8 Å².